The Balaban J connectivity index is 1.69. The van der Waals surface area contributed by atoms with Gasteiger partial charge >= 0.3 is 0 Å². The third-order valence-corrected chi connectivity index (χ3v) is 4.89. The summed E-state index contributed by atoms with van der Waals surface area (Å²) in [4.78, 5) is 8.75. The zero-order chi connectivity index (χ0) is 21.5. The van der Waals surface area contributed by atoms with E-state index >= 15 is 0 Å². The van der Waals surface area contributed by atoms with Gasteiger partial charge in [-0.25, -0.2) is 0 Å². The molecular weight excluding hydrogens is 444 g/mol. The lowest BCUT2D eigenvalue weighted by atomic mass is 10.1. The van der Waals surface area contributed by atoms with Gasteiger partial charge < -0.3 is 15.2 Å². The highest BCUT2D eigenvalue weighted by Gasteiger charge is 2.14. The first-order valence-electron chi connectivity index (χ1n) is 9.44. The van der Waals surface area contributed by atoms with Crippen LogP contribution in [-0.2, 0) is 0 Å². The first-order valence-corrected chi connectivity index (χ1v) is 10.2. The van der Waals surface area contributed by atoms with E-state index in [-0.39, 0.29) is 4.62 Å². The summed E-state index contributed by atoms with van der Waals surface area (Å²) in [5.41, 5.74) is 10.1. The van der Waals surface area contributed by atoms with E-state index in [0.717, 1.165) is 22.6 Å². The standard InChI is InChI=1S/C23H23BrN4O2/c1-3-16-7-4-5-8-21(16)29-11-6-12-30-22-15(2)27-10-9-17(22)20-13-18(23(24)26)19(25)14-28-20/h3-5,7-10,13-14,26H,1,6,11-12,25H2,2H3. The van der Waals surface area contributed by atoms with Gasteiger partial charge in [0.05, 0.1) is 36.5 Å². The van der Waals surface area contributed by atoms with Crippen molar-refractivity contribution in [1.29, 1.82) is 5.41 Å². The van der Waals surface area contributed by atoms with Crippen LogP contribution in [0.2, 0.25) is 0 Å². The number of anilines is 1. The van der Waals surface area contributed by atoms with E-state index in [1.165, 1.54) is 0 Å². The smallest absolute Gasteiger partial charge is 0.149 e. The highest BCUT2D eigenvalue weighted by Crippen LogP contribution is 2.32. The number of rotatable bonds is 9. The zero-order valence-electron chi connectivity index (χ0n) is 16.7. The van der Waals surface area contributed by atoms with Crippen LogP contribution in [0.3, 0.4) is 0 Å². The molecule has 0 amide bonds. The molecule has 3 N–H and O–H groups in total. The maximum absolute atomic E-state index is 7.83. The molecular formula is C23H23BrN4O2. The van der Waals surface area contributed by atoms with E-state index in [1.807, 2.05) is 37.3 Å². The summed E-state index contributed by atoms with van der Waals surface area (Å²) < 4.78 is 12.1. The van der Waals surface area contributed by atoms with Crippen molar-refractivity contribution in [1.82, 2.24) is 9.97 Å². The fourth-order valence-corrected chi connectivity index (χ4v) is 3.28. The van der Waals surface area contributed by atoms with E-state index in [1.54, 1.807) is 24.5 Å². The molecule has 30 heavy (non-hydrogen) atoms. The molecule has 0 saturated carbocycles. The Hall–Kier alpha value is -3.19. The summed E-state index contributed by atoms with van der Waals surface area (Å²) >= 11 is 3.17. The van der Waals surface area contributed by atoms with E-state index in [2.05, 4.69) is 32.5 Å². The maximum Gasteiger partial charge on any atom is 0.149 e. The highest BCUT2D eigenvalue weighted by atomic mass is 79.9. The summed E-state index contributed by atoms with van der Waals surface area (Å²) in [7, 11) is 0. The molecule has 2 aromatic heterocycles. The molecule has 0 spiro atoms. The summed E-state index contributed by atoms with van der Waals surface area (Å²) in [5, 5.41) is 7.83. The number of para-hydroxylation sites is 1. The second kappa shape index (κ2) is 10.0. The molecule has 0 aliphatic carbocycles. The van der Waals surface area contributed by atoms with Crippen molar-refractivity contribution in [3.63, 3.8) is 0 Å². The maximum atomic E-state index is 7.83. The fraction of sp³-hybridized carbons (Fsp3) is 0.174. The molecule has 0 unspecified atom stereocenters. The number of hydrogen-bond donors (Lipinski definition) is 2. The number of aromatic nitrogens is 2. The number of pyridine rings is 2. The number of nitrogens with one attached hydrogen (secondary N) is 1. The van der Waals surface area contributed by atoms with Crippen molar-refractivity contribution >= 4 is 32.3 Å². The molecule has 0 atom stereocenters. The predicted octanol–water partition coefficient (Wildman–Crippen LogP) is 5.25. The molecule has 7 heteroatoms. The monoisotopic (exact) mass is 466 g/mol. The molecule has 0 saturated heterocycles. The number of halogens is 1. The van der Waals surface area contributed by atoms with Gasteiger partial charge in [-0.1, -0.05) is 30.9 Å². The van der Waals surface area contributed by atoms with Crippen LogP contribution in [-0.4, -0.2) is 27.8 Å². The molecule has 0 fully saturated rings. The molecule has 0 bridgehead atoms. The van der Waals surface area contributed by atoms with Gasteiger partial charge in [-0.05, 0) is 41.1 Å². The normalized spacial score (nSPS) is 10.5. The molecule has 0 aliphatic rings. The van der Waals surface area contributed by atoms with Crippen LogP contribution in [0.15, 0.2) is 55.4 Å². The predicted molar refractivity (Wildman–Crippen MR) is 125 cm³/mol. The minimum Gasteiger partial charge on any atom is -0.493 e. The Morgan fingerprint density at radius 2 is 1.97 bits per heavy atom. The third-order valence-electron chi connectivity index (χ3n) is 4.46. The van der Waals surface area contributed by atoms with Crippen molar-refractivity contribution in [2.24, 2.45) is 0 Å². The van der Waals surface area contributed by atoms with Gasteiger partial charge in [0.25, 0.3) is 0 Å². The van der Waals surface area contributed by atoms with Gasteiger partial charge in [-0.15, -0.1) is 0 Å². The van der Waals surface area contributed by atoms with Gasteiger partial charge in [0.1, 0.15) is 16.1 Å². The second-order valence-corrected chi connectivity index (χ2v) is 7.33. The number of benzene rings is 1. The minimum atomic E-state index is 0.203. The summed E-state index contributed by atoms with van der Waals surface area (Å²) in [6.07, 6.45) is 5.73. The lowest BCUT2D eigenvalue weighted by molar-refractivity contribution is 0.246. The molecule has 0 radical (unpaired) electrons. The van der Waals surface area contributed by atoms with Crippen molar-refractivity contribution < 1.29 is 9.47 Å². The first kappa shape index (κ1) is 21.5. The van der Waals surface area contributed by atoms with Gasteiger partial charge in [-0.2, -0.15) is 0 Å². The molecule has 2 heterocycles. The summed E-state index contributed by atoms with van der Waals surface area (Å²) in [5.74, 6) is 1.47. The fourth-order valence-electron chi connectivity index (χ4n) is 2.94. The quantitative estimate of drug-likeness (QED) is 0.331. The second-order valence-electron chi connectivity index (χ2n) is 6.54. The average molecular weight is 467 g/mol. The van der Waals surface area contributed by atoms with Gasteiger partial charge in [0.15, 0.2) is 0 Å². The largest absolute Gasteiger partial charge is 0.493 e. The Labute approximate surface area is 184 Å². The number of nitrogens with zero attached hydrogens (tertiary/aromatic N) is 2. The number of nitrogens with two attached hydrogens (primary N) is 1. The Morgan fingerprint density at radius 1 is 1.20 bits per heavy atom. The van der Waals surface area contributed by atoms with Crippen LogP contribution >= 0.6 is 15.9 Å². The molecule has 154 valence electrons. The van der Waals surface area contributed by atoms with Crippen molar-refractivity contribution in [3.8, 4) is 22.8 Å². The van der Waals surface area contributed by atoms with E-state index in [9.17, 15) is 0 Å². The third kappa shape index (κ3) is 5.04. The number of aryl methyl sites for hydroxylation is 1. The number of nitrogen functional groups attached to an aromatic ring is 1. The van der Waals surface area contributed by atoms with Gasteiger partial charge in [0, 0.05) is 29.3 Å². The lowest BCUT2D eigenvalue weighted by Gasteiger charge is -2.15. The minimum absolute atomic E-state index is 0.203. The summed E-state index contributed by atoms with van der Waals surface area (Å²) in [6.45, 7) is 6.68. The lowest BCUT2D eigenvalue weighted by Crippen LogP contribution is -2.08. The van der Waals surface area contributed by atoms with Crippen LogP contribution in [0.1, 0.15) is 23.2 Å². The van der Waals surface area contributed by atoms with Crippen molar-refractivity contribution in [2.45, 2.75) is 13.3 Å². The van der Waals surface area contributed by atoms with Crippen LogP contribution in [0.25, 0.3) is 17.3 Å². The molecule has 3 aromatic rings. The Bertz CT molecular complexity index is 1070. The van der Waals surface area contributed by atoms with Gasteiger partial charge in [0.2, 0.25) is 0 Å². The van der Waals surface area contributed by atoms with Crippen LogP contribution < -0.4 is 15.2 Å². The van der Waals surface area contributed by atoms with E-state index in [4.69, 9.17) is 20.6 Å². The highest BCUT2D eigenvalue weighted by molar-refractivity contribution is 9.18. The summed E-state index contributed by atoms with van der Waals surface area (Å²) in [6, 6.07) is 11.4. The molecule has 0 aliphatic heterocycles. The van der Waals surface area contributed by atoms with E-state index < -0.39 is 0 Å². The molecule has 1 aromatic carbocycles. The first-order chi connectivity index (χ1) is 14.5. The average Bonchev–Trinajstić information content (AvgIpc) is 2.75. The number of ether oxygens (including phenoxy) is 2. The van der Waals surface area contributed by atoms with Crippen molar-refractivity contribution in [3.05, 3.63) is 72.2 Å². The van der Waals surface area contributed by atoms with Crippen molar-refractivity contribution in [2.75, 3.05) is 18.9 Å². The molecule has 6 nitrogen and oxygen atoms in total. The van der Waals surface area contributed by atoms with Gasteiger partial charge in [-0.3, -0.25) is 15.4 Å². The van der Waals surface area contributed by atoms with Crippen LogP contribution in [0.5, 0.6) is 11.5 Å². The zero-order valence-corrected chi connectivity index (χ0v) is 18.3. The van der Waals surface area contributed by atoms with Crippen LogP contribution in [0.4, 0.5) is 5.69 Å². The number of hydrogen-bond acceptors (Lipinski definition) is 6. The van der Waals surface area contributed by atoms with Crippen LogP contribution in [0, 0.1) is 12.3 Å². The molecule has 3 rings (SSSR count). The van der Waals surface area contributed by atoms with E-state index in [0.29, 0.717) is 42.3 Å². The topological polar surface area (TPSA) is 94.1 Å². The Kier molecular flexibility index (Phi) is 7.19. The Morgan fingerprint density at radius 3 is 2.73 bits per heavy atom. The SMILES string of the molecule is C=Cc1ccccc1OCCCOc1c(-c2cc(C(=N)Br)c(N)cn2)ccnc1C.